The molecule has 180 valence electrons. The fourth-order valence-electron chi connectivity index (χ4n) is 4.91. The third kappa shape index (κ3) is 5.86. The van der Waals surface area contributed by atoms with Gasteiger partial charge in [0.15, 0.2) is 0 Å². The van der Waals surface area contributed by atoms with Crippen molar-refractivity contribution in [2.24, 2.45) is 11.8 Å². The van der Waals surface area contributed by atoms with Gasteiger partial charge in [-0.25, -0.2) is 4.39 Å². The second kappa shape index (κ2) is 11.3. The Kier molecular flexibility index (Phi) is 8.00. The summed E-state index contributed by atoms with van der Waals surface area (Å²) in [5.41, 5.74) is 2.25. The Morgan fingerprint density at radius 2 is 2.18 bits per heavy atom. The highest BCUT2D eigenvalue weighted by molar-refractivity contribution is 5.83. The third-order valence-corrected chi connectivity index (χ3v) is 6.80. The molecule has 1 fully saturated rings. The van der Waals surface area contributed by atoms with Crippen molar-refractivity contribution >= 4 is 16.9 Å². The largest absolute Gasteiger partial charge is 0.497 e. The lowest BCUT2D eigenvalue weighted by Gasteiger charge is -2.36. The Balaban J connectivity index is 1.34. The number of aliphatic carboxylic acids is 1. The second-order valence-electron chi connectivity index (χ2n) is 8.94. The highest BCUT2D eigenvalue weighted by Crippen LogP contribution is 2.35. The molecule has 3 aromatic rings. The van der Waals surface area contributed by atoms with Gasteiger partial charge in [-0.1, -0.05) is 0 Å². The van der Waals surface area contributed by atoms with Crippen LogP contribution in [0, 0.1) is 11.8 Å². The average Bonchev–Trinajstić information content (AvgIpc) is 2.87. The summed E-state index contributed by atoms with van der Waals surface area (Å²) in [5.74, 6) is -0.647. The number of hydrogen-bond donors (Lipinski definition) is 1. The molecule has 3 atom stereocenters. The molecule has 0 bridgehead atoms. The van der Waals surface area contributed by atoms with Crippen LogP contribution in [0.15, 0.2) is 48.8 Å². The zero-order valence-corrected chi connectivity index (χ0v) is 19.4. The quantitative estimate of drug-likeness (QED) is 0.471. The monoisotopic (exact) mass is 466 g/mol. The Morgan fingerprint density at radius 3 is 2.94 bits per heavy atom. The Morgan fingerprint density at radius 1 is 1.29 bits per heavy atom. The zero-order valence-electron chi connectivity index (χ0n) is 19.4. The molecule has 3 heterocycles. The smallest absolute Gasteiger partial charge is 0.308 e. The van der Waals surface area contributed by atoms with Crippen LogP contribution in [0.4, 0.5) is 4.39 Å². The van der Waals surface area contributed by atoms with Crippen molar-refractivity contribution in [3.8, 4) is 5.75 Å². The van der Waals surface area contributed by atoms with E-state index in [2.05, 4.69) is 20.1 Å². The van der Waals surface area contributed by atoms with E-state index in [1.165, 1.54) is 0 Å². The van der Waals surface area contributed by atoms with E-state index >= 15 is 4.39 Å². The molecule has 8 heteroatoms. The van der Waals surface area contributed by atoms with Crippen molar-refractivity contribution < 1.29 is 19.0 Å². The number of methoxy groups -OCH3 is 1. The number of fused-ring (bicyclic) bond motifs is 1. The molecule has 34 heavy (non-hydrogen) atoms. The minimum Gasteiger partial charge on any atom is -0.497 e. The van der Waals surface area contributed by atoms with Crippen molar-refractivity contribution in [1.82, 2.24) is 20.1 Å². The maximum atomic E-state index is 15.4. The van der Waals surface area contributed by atoms with Gasteiger partial charge in [0, 0.05) is 24.3 Å². The minimum atomic E-state index is -1.18. The molecule has 1 saturated heterocycles. The molecule has 1 aromatic carbocycles. The lowest BCUT2D eigenvalue weighted by Crippen LogP contribution is -2.44. The predicted molar refractivity (Wildman–Crippen MR) is 127 cm³/mol. The van der Waals surface area contributed by atoms with Crippen LogP contribution in [-0.4, -0.2) is 57.9 Å². The summed E-state index contributed by atoms with van der Waals surface area (Å²) in [4.78, 5) is 18.5. The Bertz CT molecular complexity index is 1100. The van der Waals surface area contributed by atoms with Crippen LogP contribution in [-0.2, 0) is 11.2 Å². The fourth-order valence-corrected chi connectivity index (χ4v) is 4.91. The number of carboxylic acid groups (broad SMARTS) is 1. The molecule has 0 aliphatic carbocycles. The van der Waals surface area contributed by atoms with E-state index in [0.717, 1.165) is 48.9 Å². The standard InChI is InChI=1S/C26H31FN4O3/c1-34-20-7-9-25-22(16-20)21(10-13-28-25)24(27)8-6-18-11-15-31(17-23(18)26(32)33)14-3-5-19-4-2-12-29-30-19/h2,4,7,9-10,12-13,16,18,23-24H,3,5-6,8,11,14-15,17H2,1H3,(H,32,33)/t18-,23+,24-/m1/s1. The first kappa shape index (κ1) is 24.0. The highest BCUT2D eigenvalue weighted by atomic mass is 19.1. The van der Waals surface area contributed by atoms with Crippen LogP contribution in [0.2, 0.25) is 0 Å². The number of carboxylic acids is 1. The van der Waals surface area contributed by atoms with Gasteiger partial charge in [0.25, 0.3) is 0 Å². The summed E-state index contributed by atoms with van der Waals surface area (Å²) in [5, 5.41) is 18.6. The maximum absolute atomic E-state index is 15.4. The van der Waals surface area contributed by atoms with Gasteiger partial charge < -0.3 is 14.7 Å². The molecule has 1 aliphatic rings. The fraction of sp³-hybridized carbons (Fsp3) is 0.462. The van der Waals surface area contributed by atoms with Crippen molar-refractivity contribution in [3.63, 3.8) is 0 Å². The van der Waals surface area contributed by atoms with Crippen molar-refractivity contribution in [2.75, 3.05) is 26.7 Å². The summed E-state index contributed by atoms with van der Waals surface area (Å²) in [7, 11) is 1.58. The first-order valence-electron chi connectivity index (χ1n) is 11.8. The van der Waals surface area contributed by atoms with E-state index in [0.29, 0.717) is 24.3 Å². The van der Waals surface area contributed by atoms with Gasteiger partial charge in [0.1, 0.15) is 11.9 Å². The molecule has 1 aliphatic heterocycles. The van der Waals surface area contributed by atoms with Gasteiger partial charge in [-0.2, -0.15) is 10.2 Å². The lowest BCUT2D eigenvalue weighted by atomic mass is 9.81. The number of piperidine rings is 1. The predicted octanol–water partition coefficient (Wildman–Crippen LogP) is 4.48. The zero-order chi connectivity index (χ0) is 23.9. The summed E-state index contributed by atoms with van der Waals surface area (Å²) >= 11 is 0. The molecule has 0 unspecified atom stereocenters. The normalized spacial score (nSPS) is 19.7. The van der Waals surface area contributed by atoms with Gasteiger partial charge in [0.2, 0.25) is 0 Å². The lowest BCUT2D eigenvalue weighted by molar-refractivity contribution is -0.146. The van der Waals surface area contributed by atoms with Crippen LogP contribution in [0.3, 0.4) is 0 Å². The molecule has 2 aromatic heterocycles. The van der Waals surface area contributed by atoms with E-state index in [1.807, 2.05) is 30.3 Å². The first-order valence-corrected chi connectivity index (χ1v) is 11.8. The highest BCUT2D eigenvalue weighted by Gasteiger charge is 2.34. The number of benzene rings is 1. The molecule has 0 amide bonds. The number of hydrogen-bond acceptors (Lipinski definition) is 6. The van der Waals surface area contributed by atoms with Gasteiger partial charge in [-0.15, -0.1) is 0 Å². The Hall–Kier alpha value is -3.13. The minimum absolute atomic E-state index is 0.0328. The molecule has 0 radical (unpaired) electrons. The van der Waals surface area contributed by atoms with Crippen molar-refractivity contribution in [1.29, 1.82) is 0 Å². The van der Waals surface area contributed by atoms with Crippen LogP contribution in [0.5, 0.6) is 5.75 Å². The molecule has 7 nitrogen and oxygen atoms in total. The summed E-state index contributed by atoms with van der Waals surface area (Å²) in [6, 6.07) is 11.0. The third-order valence-electron chi connectivity index (χ3n) is 6.80. The number of carbonyl (C=O) groups is 1. The van der Waals surface area contributed by atoms with Gasteiger partial charge >= 0.3 is 5.97 Å². The first-order chi connectivity index (χ1) is 16.5. The van der Waals surface area contributed by atoms with Crippen molar-refractivity contribution in [2.45, 2.75) is 38.3 Å². The van der Waals surface area contributed by atoms with Gasteiger partial charge in [-0.05, 0) is 93.1 Å². The Labute approximate surface area is 199 Å². The molecule has 4 rings (SSSR count). The molecule has 0 saturated carbocycles. The number of rotatable bonds is 10. The van der Waals surface area contributed by atoms with Gasteiger partial charge in [0.05, 0.1) is 24.2 Å². The van der Waals surface area contributed by atoms with E-state index in [9.17, 15) is 9.90 Å². The maximum Gasteiger partial charge on any atom is 0.308 e. The van der Waals surface area contributed by atoms with Crippen LogP contribution in [0.1, 0.15) is 43.1 Å². The number of aryl methyl sites for hydroxylation is 1. The van der Waals surface area contributed by atoms with E-state index in [1.54, 1.807) is 25.6 Å². The number of pyridine rings is 1. The van der Waals surface area contributed by atoms with Crippen LogP contribution >= 0.6 is 0 Å². The number of ether oxygens (including phenoxy) is 1. The average molecular weight is 467 g/mol. The summed E-state index contributed by atoms with van der Waals surface area (Å²) in [6.45, 7) is 2.16. The molecular weight excluding hydrogens is 435 g/mol. The number of aromatic nitrogens is 3. The number of alkyl halides is 1. The van der Waals surface area contributed by atoms with E-state index < -0.39 is 18.1 Å². The molecule has 0 spiro atoms. The number of likely N-dealkylation sites (tertiary alicyclic amines) is 1. The summed E-state index contributed by atoms with van der Waals surface area (Å²) in [6.07, 6.45) is 5.41. The number of halogens is 1. The van der Waals surface area contributed by atoms with E-state index in [-0.39, 0.29) is 12.3 Å². The van der Waals surface area contributed by atoms with Crippen LogP contribution < -0.4 is 4.74 Å². The van der Waals surface area contributed by atoms with E-state index in [4.69, 9.17) is 4.74 Å². The van der Waals surface area contributed by atoms with Gasteiger partial charge in [-0.3, -0.25) is 9.78 Å². The topological polar surface area (TPSA) is 88.4 Å². The molecular formula is C26H31FN4O3. The van der Waals surface area contributed by atoms with Crippen LogP contribution in [0.25, 0.3) is 10.9 Å². The van der Waals surface area contributed by atoms with Crippen molar-refractivity contribution in [3.05, 3.63) is 60.0 Å². The second-order valence-corrected chi connectivity index (χ2v) is 8.94. The molecule has 1 N–H and O–H groups in total. The summed E-state index contributed by atoms with van der Waals surface area (Å²) < 4.78 is 20.6. The SMILES string of the molecule is COc1ccc2nccc([C@H](F)CC[C@@H]3CCN(CCCc4cccnn4)C[C@@H]3C(=O)O)c2c1. The number of nitrogens with zero attached hydrogens (tertiary/aromatic N) is 4.